The maximum absolute atomic E-state index is 12.0. The molecule has 3 amide bonds. The summed E-state index contributed by atoms with van der Waals surface area (Å²) in [6.07, 6.45) is 2.60. The third kappa shape index (κ3) is 7.20. The van der Waals surface area contributed by atoms with Crippen molar-refractivity contribution in [3.05, 3.63) is 33.5 Å². The van der Waals surface area contributed by atoms with E-state index in [-0.39, 0.29) is 18.5 Å². The van der Waals surface area contributed by atoms with Crippen LogP contribution in [0.2, 0.25) is 0 Å². The summed E-state index contributed by atoms with van der Waals surface area (Å²) in [6.45, 7) is 9.22. The number of hydrogen-bond donors (Lipinski definition) is 3. The molecule has 3 N–H and O–H groups in total. The van der Waals surface area contributed by atoms with E-state index in [0.717, 1.165) is 21.7 Å². The normalized spacial score (nSPS) is 13.2. The SMILES string of the molecule is C=CC[NH+](CC(=O)NC(=O)N[C@H](C)CC)Cc1ccc(Br)s1. The minimum Gasteiger partial charge on any atom is -0.335 e. The maximum Gasteiger partial charge on any atom is 0.321 e. The minimum absolute atomic E-state index is 0.0490. The number of carbonyl (C=O) groups excluding carboxylic acids is 2. The van der Waals surface area contributed by atoms with Crippen molar-refractivity contribution in [2.45, 2.75) is 32.9 Å². The van der Waals surface area contributed by atoms with Crippen LogP contribution in [0.3, 0.4) is 0 Å². The largest absolute Gasteiger partial charge is 0.335 e. The average Bonchev–Trinajstić information content (AvgIpc) is 2.83. The van der Waals surface area contributed by atoms with Crippen molar-refractivity contribution in [3.8, 4) is 0 Å². The second kappa shape index (κ2) is 9.76. The van der Waals surface area contributed by atoms with Crippen LogP contribution in [0.5, 0.6) is 0 Å². The third-order valence-electron chi connectivity index (χ3n) is 3.14. The van der Waals surface area contributed by atoms with Gasteiger partial charge >= 0.3 is 6.03 Å². The van der Waals surface area contributed by atoms with Crippen molar-refractivity contribution in [1.29, 1.82) is 0 Å². The predicted octanol–water partition coefficient (Wildman–Crippen LogP) is 1.71. The predicted molar refractivity (Wildman–Crippen MR) is 93.0 cm³/mol. The molecule has 1 rings (SSSR count). The zero-order valence-corrected chi connectivity index (χ0v) is 15.4. The maximum atomic E-state index is 12.0. The van der Waals surface area contributed by atoms with Crippen LogP contribution in [0, 0.1) is 0 Å². The summed E-state index contributed by atoms with van der Waals surface area (Å²) in [6, 6.07) is 3.64. The van der Waals surface area contributed by atoms with E-state index < -0.39 is 6.03 Å². The van der Waals surface area contributed by atoms with Gasteiger partial charge in [-0.1, -0.05) is 13.5 Å². The first-order valence-corrected chi connectivity index (χ1v) is 8.84. The standard InChI is InChI=1S/C15H22BrN3O2S/c1-4-8-19(9-12-6-7-13(16)22-12)10-14(20)18-15(21)17-11(3)5-2/h4,6-7,11H,1,5,8-10H2,2-3H3,(H2,17,18,20,21)/p+1/t11-/m1/s1. The summed E-state index contributed by atoms with van der Waals surface area (Å²) < 4.78 is 1.07. The summed E-state index contributed by atoms with van der Waals surface area (Å²) in [7, 11) is 0. The molecule has 0 aliphatic rings. The quantitative estimate of drug-likeness (QED) is 0.593. The Morgan fingerprint density at radius 1 is 1.50 bits per heavy atom. The van der Waals surface area contributed by atoms with Gasteiger partial charge in [0.2, 0.25) is 0 Å². The first-order valence-electron chi connectivity index (χ1n) is 7.23. The molecule has 2 atom stereocenters. The van der Waals surface area contributed by atoms with Gasteiger partial charge in [0.1, 0.15) is 6.54 Å². The van der Waals surface area contributed by atoms with Gasteiger partial charge in [0, 0.05) is 6.04 Å². The molecule has 1 heterocycles. The van der Waals surface area contributed by atoms with Crippen molar-refractivity contribution in [1.82, 2.24) is 10.6 Å². The van der Waals surface area contributed by atoms with Crippen LogP contribution in [0.1, 0.15) is 25.1 Å². The van der Waals surface area contributed by atoms with E-state index in [1.54, 1.807) is 17.4 Å². The second-order valence-corrected chi connectivity index (χ2v) is 7.68. The van der Waals surface area contributed by atoms with Crippen LogP contribution in [0.25, 0.3) is 0 Å². The molecular formula is C15H23BrN3O2S+. The minimum atomic E-state index is -0.434. The van der Waals surface area contributed by atoms with Crippen LogP contribution >= 0.6 is 27.3 Å². The van der Waals surface area contributed by atoms with E-state index in [4.69, 9.17) is 0 Å². The Balaban J connectivity index is 2.49. The zero-order valence-electron chi connectivity index (χ0n) is 12.9. The molecule has 0 radical (unpaired) electrons. The molecule has 22 heavy (non-hydrogen) atoms. The molecular weight excluding hydrogens is 366 g/mol. The van der Waals surface area contributed by atoms with Crippen molar-refractivity contribution in [2.75, 3.05) is 13.1 Å². The van der Waals surface area contributed by atoms with Crippen LogP contribution in [-0.4, -0.2) is 31.1 Å². The van der Waals surface area contributed by atoms with E-state index in [0.29, 0.717) is 6.54 Å². The van der Waals surface area contributed by atoms with E-state index in [2.05, 4.69) is 33.1 Å². The Kier molecular flexibility index (Phi) is 8.37. The van der Waals surface area contributed by atoms with Gasteiger partial charge in [0.25, 0.3) is 5.91 Å². The highest BCUT2D eigenvalue weighted by molar-refractivity contribution is 9.11. The van der Waals surface area contributed by atoms with Gasteiger partial charge in [0.15, 0.2) is 6.54 Å². The molecule has 0 aromatic carbocycles. The summed E-state index contributed by atoms with van der Waals surface area (Å²) in [5, 5.41) is 5.09. The average molecular weight is 389 g/mol. The first kappa shape index (κ1) is 18.9. The molecule has 0 spiro atoms. The van der Waals surface area contributed by atoms with Crippen molar-refractivity contribution in [3.63, 3.8) is 0 Å². The van der Waals surface area contributed by atoms with Crippen LogP contribution < -0.4 is 15.5 Å². The molecule has 122 valence electrons. The highest BCUT2D eigenvalue weighted by atomic mass is 79.9. The molecule has 1 unspecified atom stereocenters. The second-order valence-electron chi connectivity index (χ2n) is 5.13. The lowest BCUT2D eigenvalue weighted by Gasteiger charge is -2.17. The van der Waals surface area contributed by atoms with Crippen LogP contribution in [-0.2, 0) is 11.3 Å². The van der Waals surface area contributed by atoms with Gasteiger partial charge in [0.05, 0.1) is 15.2 Å². The number of amides is 3. The molecule has 1 aromatic rings. The van der Waals surface area contributed by atoms with Gasteiger partial charge in [-0.2, -0.15) is 0 Å². The smallest absolute Gasteiger partial charge is 0.321 e. The number of halogens is 1. The molecule has 0 fully saturated rings. The van der Waals surface area contributed by atoms with Gasteiger partial charge in [-0.25, -0.2) is 4.79 Å². The molecule has 1 aromatic heterocycles. The van der Waals surface area contributed by atoms with E-state index in [9.17, 15) is 9.59 Å². The number of rotatable bonds is 8. The Bertz CT molecular complexity index is 519. The molecule has 0 saturated carbocycles. The van der Waals surface area contributed by atoms with Crippen molar-refractivity contribution < 1.29 is 14.5 Å². The van der Waals surface area contributed by atoms with E-state index in [1.807, 2.05) is 26.0 Å². The number of hydrogen-bond acceptors (Lipinski definition) is 3. The first-order chi connectivity index (χ1) is 10.4. The van der Waals surface area contributed by atoms with Gasteiger partial charge in [-0.05, 0) is 47.5 Å². The number of thiophene rings is 1. The van der Waals surface area contributed by atoms with Crippen LogP contribution in [0.4, 0.5) is 4.79 Å². The number of urea groups is 1. The van der Waals surface area contributed by atoms with Gasteiger partial charge in [-0.15, -0.1) is 11.3 Å². The Morgan fingerprint density at radius 3 is 2.77 bits per heavy atom. The molecule has 0 aliphatic carbocycles. The molecule has 7 heteroatoms. The fraction of sp³-hybridized carbons (Fsp3) is 0.467. The lowest BCUT2D eigenvalue weighted by Crippen LogP contribution is -3.11. The van der Waals surface area contributed by atoms with Crippen molar-refractivity contribution in [2.24, 2.45) is 0 Å². The summed E-state index contributed by atoms with van der Waals surface area (Å²) in [5.74, 6) is -0.284. The zero-order chi connectivity index (χ0) is 16.5. The topological polar surface area (TPSA) is 62.6 Å². The lowest BCUT2D eigenvalue weighted by molar-refractivity contribution is -0.899. The summed E-state index contributed by atoms with van der Waals surface area (Å²) in [5.41, 5.74) is 0. The van der Waals surface area contributed by atoms with E-state index in [1.165, 1.54) is 4.88 Å². The molecule has 0 bridgehead atoms. The lowest BCUT2D eigenvalue weighted by atomic mass is 10.3. The van der Waals surface area contributed by atoms with Gasteiger partial charge < -0.3 is 10.2 Å². The Morgan fingerprint density at radius 2 is 2.23 bits per heavy atom. The van der Waals surface area contributed by atoms with Crippen LogP contribution in [0.15, 0.2) is 28.6 Å². The third-order valence-corrected chi connectivity index (χ3v) is 4.76. The number of nitrogens with one attached hydrogen (secondary N) is 3. The highest BCUT2D eigenvalue weighted by Gasteiger charge is 2.17. The monoisotopic (exact) mass is 388 g/mol. The highest BCUT2D eigenvalue weighted by Crippen LogP contribution is 2.21. The van der Waals surface area contributed by atoms with Crippen molar-refractivity contribution >= 4 is 39.2 Å². The Hall–Kier alpha value is -1.18. The number of carbonyl (C=O) groups is 2. The summed E-state index contributed by atoms with van der Waals surface area (Å²) >= 11 is 5.08. The fourth-order valence-corrected chi connectivity index (χ4v) is 3.42. The van der Waals surface area contributed by atoms with E-state index >= 15 is 0 Å². The Labute approximate surface area is 143 Å². The fourth-order valence-electron chi connectivity index (χ4n) is 1.86. The number of imide groups is 1. The number of quaternary nitrogens is 1. The molecule has 0 aliphatic heterocycles. The molecule has 5 nitrogen and oxygen atoms in total. The molecule has 0 saturated heterocycles. The summed E-state index contributed by atoms with van der Waals surface area (Å²) in [4.78, 5) is 25.8. The van der Waals surface area contributed by atoms with Gasteiger partial charge in [-0.3, -0.25) is 10.1 Å².